The number of nitrogens with zero attached hydrogens (tertiary/aromatic N) is 2. The van der Waals surface area contributed by atoms with E-state index in [2.05, 4.69) is 81.8 Å². The van der Waals surface area contributed by atoms with Crippen molar-refractivity contribution in [1.29, 1.82) is 0 Å². The van der Waals surface area contributed by atoms with Gasteiger partial charge in [0.2, 0.25) is 5.52 Å². The molecule has 0 aliphatic carbocycles. The summed E-state index contributed by atoms with van der Waals surface area (Å²) in [5.74, 6) is 0. The minimum atomic E-state index is 0.283. The summed E-state index contributed by atoms with van der Waals surface area (Å²) < 4.78 is 4.73. The summed E-state index contributed by atoms with van der Waals surface area (Å²) in [4.78, 5) is 4.80. The second-order valence-corrected chi connectivity index (χ2v) is 9.42. The molecule has 4 aromatic rings. The molecule has 0 saturated heterocycles. The fourth-order valence-electron chi connectivity index (χ4n) is 3.66. The smallest absolute Gasteiger partial charge is 0.231 e. The van der Waals surface area contributed by atoms with E-state index in [9.17, 15) is 0 Å². The fraction of sp³-hybridized carbons (Fsp3) is 0.304. The average molecular weight is 362 g/mol. The third-order valence-electron chi connectivity index (χ3n) is 4.79. The van der Waals surface area contributed by atoms with Crippen molar-refractivity contribution in [2.45, 2.75) is 34.1 Å². The van der Waals surface area contributed by atoms with Crippen molar-refractivity contribution in [2.75, 3.05) is 0 Å². The molecule has 0 aliphatic heterocycles. The molecule has 3 heteroatoms. The quantitative estimate of drug-likeness (QED) is 0.410. The van der Waals surface area contributed by atoms with Gasteiger partial charge in [0, 0.05) is 15.6 Å². The van der Waals surface area contributed by atoms with Crippen LogP contribution in [0, 0.1) is 12.3 Å². The van der Waals surface area contributed by atoms with Gasteiger partial charge in [0.05, 0.1) is 7.05 Å². The number of thiophene rings is 1. The molecule has 2 aromatic carbocycles. The summed E-state index contributed by atoms with van der Waals surface area (Å²) >= 11 is 1.85. The number of aryl methyl sites for hydroxylation is 2. The molecule has 0 aliphatic rings. The monoisotopic (exact) mass is 361 g/mol. The van der Waals surface area contributed by atoms with Crippen LogP contribution in [-0.2, 0) is 13.5 Å². The van der Waals surface area contributed by atoms with Crippen LogP contribution in [0.4, 0.5) is 0 Å². The Bertz CT molecular complexity index is 1120. The second kappa shape index (κ2) is 6.17. The Morgan fingerprint density at radius 2 is 1.85 bits per heavy atom. The van der Waals surface area contributed by atoms with Crippen LogP contribution >= 0.6 is 11.3 Å². The highest BCUT2D eigenvalue weighted by Crippen LogP contribution is 2.38. The number of rotatable bonds is 2. The van der Waals surface area contributed by atoms with E-state index in [-0.39, 0.29) is 5.41 Å². The van der Waals surface area contributed by atoms with Gasteiger partial charge in [-0.15, -0.1) is 11.3 Å². The normalized spacial score (nSPS) is 12.2. The summed E-state index contributed by atoms with van der Waals surface area (Å²) in [5.41, 5.74) is 6.62. The lowest BCUT2D eigenvalue weighted by Gasteiger charge is -2.17. The first-order chi connectivity index (χ1) is 12.3. The van der Waals surface area contributed by atoms with Gasteiger partial charge in [-0.05, 0) is 47.0 Å². The van der Waals surface area contributed by atoms with Crippen LogP contribution in [-0.4, -0.2) is 4.98 Å². The standard InChI is InChI=1S/C23H25N2S/c1-15-8-6-7-9-17(15)21-22-20(24-14-25(21)5)18-12-16(13-23(2,3)4)10-11-19(18)26-22/h6-12,14H,13H2,1-5H3/q+1. The average Bonchev–Trinajstić information content (AvgIpc) is 2.92. The summed E-state index contributed by atoms with van der Waals surface area (Å²) in [5, 5.41) is 1.28. The molecule has 0 spiro atoms. The highest BCUT2D eigenvalue weighted by atomic mass is 32.1. The zero-order chi connectivity index (χ0) is 18.5. The van der Waals surface area contributed by atoms with Crippen molar-refractivity contribution in [3.05, 3.63) is 59.9 Å². The third-order valence-corrected chi connectivity index (χ3v) is 5.96. The van der Waals surface area contributed by atoms with E-state index in [1.54, 1.807) is 0 Å². The summed E-state index contributed by atoms with van der Waals surface area (Å²) in [6.07, 6.45) is 3.03. The third kappa shape index (κ3) is 3.01. The molecular weight excluding hydrogens is 336 g/mol. The first-order valence-electron chi connectivity index (χ1n) is 9.09. The predicted octanol–water partition coefficient (Wildman–Crippen LogP) is 5.84. The molecule has 2 aromatic heterocycles. The SMILES string of the molecule is Cc1ccccc1-c1c2sc3ccc(CC(C)(C)C)cc3c2nc[n+]1C. The number of hydrogen-bond acceptors (Lipinski definition) is 2. The molecule has 0 unspecified atom stereocenters. The molecule has 2 nitrogen and oxygen atoms in total. The number of fused-ring (bicyclic) bond motifs is 3. The van der Waals surface area contributed by atoms with Crippen molar-refractivity contribution >= 4 is 31.6 Å². The summed E-state index contributed by atoms with van der Waals surface area (Å²) in [7, 11) is 2.09. The van der Waals surface area contributed by atoms with Gasteiger partial charge in [-0.25, -0.2) is 4.57 Å². The lowest BCUT2D eigenvalue weighted by atomic mass is 9.88. The topological polar surface area (TPSA) is 16.8 Å². The molecule has 0 radical (unpaired) electrons. The van der Waals surface area contributed by atoms with E-state index in [1.165, 1.54) is 37.2 Å². The van der Waals surface area contributed by atoms with Crippen LogP contribution in [0.2, 0.25) is 0 Å². The van der Waals surface area contributed by atoms with Crippen LogP contribution in [0.3, 0.4) is 0 Å². The van der Waals surface area contributed by atoms with Gasteiger partial charge in [-0.3, -0.25) is 0 Å². The first kappa shape index (κ1) is 17.2. The molecule has 26 heavy (non-hydrogen) atoms. The molecule has 0 atom stereocenters. The zero-order valence-corrected chi connectivity index (χ0v) is 16.9. The molecule has 0 saturated carbocycles. The Hall–Kier alpha value is -2.26. The lowest BCUT2D eigenvalue weighted by molar-refractivity contribution is -0.662. The van der Waals surface area contributed by atoms with Gasteiger partial charge in [0.1, 0.15) is 4.70 Å². The fourth-order valence-corrected chi connectivity index (χ4v) is 4.89. The van der Waals surface area contributed by atoms with Crippen LogP contribution < -0.4 is 4.57 Å². The first-order valence-corrected chi connectivity index (χ1v) is 9.91. The maximum atomic E-state index is 4.80. The van der Waals surface area contributed by atoms with Crippen LogP contribution in [0.1, 0.15) is 31.9 Å². The van der Waals surface area contributed by atoms with E-state index in [1.807, 2.05) is 17.7 Å². The summed E-state index contributed by atoms with van der Waals surface area (Å²) in [6.45, 7) is 9.04. The minimum Gasteiger partial charge on any atom is -0.231 e. The van der Waals surface area contributed by atoms with E-state index in [4.69, 9.17) is 4.98 Å². The van der Waals surface area contributed by atoms with E-state index in [0.29, 0.717) is 0 Å². The summed E-state index contributed by atoms with van der Waals surface area (Å²) in [6, 6.07) is 15.5. The van der Waals surface area contributed by atoms with Crippen molar-refractivity contribution < 1.29 is 4.57 Å². The molecule has 0 amide bonds. The Balaban J connectivity index is 1.99. The van der Waals surface area contributed by atoms with E-state index >= 15 is 0 Å². The number of aromatic nitrogens is 2. The molecule has 132 valence electrons. The zero-order valence-electron chi connectivity index (χ0n) is 16.1. The van der Waals surface area contributed by atoms with Gasteiger partial charge >= 0.3 is 0 Å². The van der Waals surface area contributed by atoms with Crippen LogP contribution in [0.5, 0.6) is 0 Å². The Morgan fingerprint density at radius 1 is 1.08 bits per heavy atom. The van der Waals surface area contributed by atoms with Crippen molar-refractivity contribution in [3.63, 3.8) is 0 Å². The molecule has 2 heterocycles. The van der Waals surface area contributed by atoms with Crippen molar-refractivity contribution in [3.8, 4) is 11.3 Å². The largest absolute Gasteiger partial charge is 0.287 e. The van der Waals surface area contributed by atoms with Crippen molar-refractivity contribution in [1.82, 2.24) is 4.98 Å². The number of benzene rings is 2. The molecular formula is C23H25N2S+. The molecule has 0 fully saturated rings. The highest BCUT2D eigenvalue weighted by Gasteiger charge is 2.21. The van der Waals surface area contributed by atoms with E-state index < -0.39 is 0 Å². The number of hydrogen-bond donors (Lipinski definition) is 0. The maximum Gasteiger partial charge on any atom is 0.287 e. The van der Waals surface area contributed by atoms with Crippen molar-refractivity contribution in [2.24, 2.45) is 12.5 Å². The van der Waals surface area contributed by atoms with Crippen LogP contribution in [0.15, 0.2) is 48.8 Å². The van der Waals surface area contributed by atoms with E-state index in [0.717, 1.165) is 11.9 Å². The maximum absolute atomic E-state index is 4.80. The predicted molar refractivity (Wildman–Crippen MR) is 112 cm³/mol. The Labute approximate surface area is 159 Å². The van der Waals surface area contributed by atoms with Crippen LogP contribution in [0.25, 0.3) is 31.6 Å². The van der Waals surface area contributed by atoms with Gasteiger partial charge in [0.25, 0.3) is 6.33 Å². The van der Waals surface area contributed by atoms with Gasteiger partial charge in [-0.2, -0.15) is 0 Å². The molecule has 4 rings (SSSR count). The van der Waals surface area contributed by atoms with Gasteiger partial charge < -0.3 is 0 Å². The Kier molecular flexibility index (Phi) is 4.07. The van der Waals surface area contributed by atoms with Gasteiger partial charge in [-0.1, -0.05) is 51.1 Å². The van der Waals surface area contributed by atoms with Gasteiger partial charge in [0.15, 0.2) is 5.69 Å². The Morgan fingerprint density at radius 3 is 2.58 bits per heavy atom. The highest BCUT2D eigenvalue weighted by molar-refractivity contribution is 7.26. The second-order valence-electron chi connectivity index (χ2n) is 8.37. The minimum absolute atomic E-state index is 0.283. The molecule has 0 bridgehead atoms. The molecule has 0 N–H and O–H groups in total. The lowest BCUT2D eigenvalue weighted by Crippen LogP contribution is -2.31.